The van der Waals surface area contributed by atoms with Crippen LogP contribution in [-0.4, -0.2) is 17.6 Å². The van der Waals surface area contributed by atoms with Gasteiger partial charge in [0.15, 0.2) is 0 Å². The monoisotopic (exact) mass is 374 g/mol. The molecule has 4 rings (SSSR count). The predicted octanol–water partition coefficient (Wildman–Crippen LogP) is 6.11. The van der Waals surface area contributed by atoms with E-state index in [-0.39, 0.29) is 41.8 Å². The number of halogens is 4. The Labute approximate surface area is 153 Å². The van der Waals surface area contributed by atoms with Gasteiger partial charge in [0.25, 0.3) is 5.92 Å². The van der Waals surface area contributed by atoms with E-state index >= 15 is 8.78 Å². The number of hydrogen-bond acceptors (Lipinski definition) is 1. The van der Waals surface area contributed by atoms with Crippen molar-refractivity contribution in [2.24, 2.45) is 40.4 Å². The maximum absolute atomic E-state index is 15.3. The summed E-state index contributed by atoms with van der Waals surface area (Å²) in [5.41, 5.74) is -0.940. The van der Waals surface area contributed by atoms with Gasteiger partial charge in [0.05, 0.1) is 0 Å². The highest BCUT2D eigenvalue weighted by molar-refractivity contribution is 5.79. The average molecular weight is 374 g/mol. The number of carbonyl (C=O) groups excluding carboxylic acids is 1. The number of alkyl halides is 4. The number of ketones is 1. The minimum absolute atomic E-state index is 0.105. The molecule has 0 aromatic heterocycles. The molecule has 0 amide bonds. The van der Waals surface area contributed by atoms with Crippen molar-refractivity contribution in [3.8, 4) is 0 Å². The third-order valence-corrected chi connectivity index (χ3v) is 9.08. The molecule has 0 aromatic carbocycles. The molecule has 0 heterocycles. The molecular weight excluding hydrogens is 344 g/mol. The van der Waals surface area contributed by atoms with Crippen LogP contribution in [0.15, 0.2) is 0 Å². The first kappa shape index (κ1) is 18.7. The van der Waals surface area contributed by atoms with Gasteiger partial charge in [-0.1, -0.05) is 13.8 Å². The highest BCUT2D eigenvalue weighted by Gasteiger charge is 2.69. The van der Waals surface area contributed by atoms with Crippen LogP contribution in [-0.2, 0) is 4.79 Å². The normalized spacial score (nSPS) is 50.7. The lowest BCUT2D eigenvalue weighted by Gasteiger charge is -2.62. The van der Waals surface area contributed by atoms with Crippen LogP contribution in [0.4, 0.5) is 17.6 Å². The van der Waals surface area contributed by atoms with Gasteiger partial charge >= 0.3 is 0 Å². The third kappa shape index (κ3) is 2.44. The summed E-state index contributed by atoms with van der Waals surface area (Å²) in [6.45, 7) is 4.90. The summed E-state index contributed by atoms with van der Waals surface area (Å²) in [4.78, 5) is 11.9. The van der Waals surface area contributed by atoms with Crippen LogP contribution in [0.1, 0.15) is 72.1 Å². The molecule has 7 atom stereocenters. The van der Waals surface area contributed by atoms with Gasteiger partial charge in [-0.25, -0.2) is 17.6 Å². The first-order chi connectivity index (χ1) is 11.9. The van der Waals surface area contributed by atoms with Gasteiger partial charge in [0, 0.05) is 31.1 Å². The lowest BCUT2D eigenvalue weighted by molar-refractivity contribution is -0.236. The average Bonchev–Trinajstić information content (AvgIpc) is 2.86. The van der Waals surface area contributed by atoms with Crippen molar-refractivity contribution in [1.29, 1.82) is 0 Å². The number of carbonyl (C=O) groups is 1. The van der Waals surface area contributed by atoms with E-state index in [2.05, 4.69) is 6.92 Å². The van der Waals surface area contributed by atoms with Gasteiger partial charge < -0.3 is 0 Å². The summed E-state index contributed by atoms with van der Waals surface area (Å²) in [5.74, 6) is -7.89. The van der Waals surface area contributed by atoms with Crippen molar-refractivity contribution in [1.82, 2.24) is 0 Å². The zero-order valence-corrected chi connectivity index (χ0v) is 16.0. The summed E-state index contributed by atoms with van der Waals surface area (Å²) < 4.78 is 59.1. The molecule has 0 radical (unpaired) electrons. The molecule has 1 unspecified atom stereocenters. The van der Waals surface area contributed by atoms with Crippen LogP contribution in [0.2, 0.25) is 0 Å². The van der Waals surface area contributed by atoms with Crippen LogP contribution in [0.3, 0.4) is 0 Å². The SMILES string of the molecule is CC(F)(F)[C@H]1CC[C@H]2[C@H]3[C@H](CC[C@]12C)[C@@]1(C)CCC(=O)CC1CC3(F)F. The van der Waals surface area contributed by atoms with E-state index in [0.29, 0.717) is 38.5 Å². The van der Waals surface area contributed by atoms with Gasteiger partial charge in [-0.2, -0.15) is 0 Å². The summed E-state index contributed by atoms with van der Waals surface area (Å²) in [7, 11) is 0. The minimum Gasteiger partial charge on any atom is -0.300 e. The fourth-order valence-corrected chi connectivity index (χ4v) is 7.78. The topological polar surface area (TPSA) is 17.1 Å². The summed E-state index contributed by atoms with van der Waals surface area (Å²) in [6, 6.07) is 0. The van der Waals surface area contributed by atoms with E-state index in [1.54, 1.807) is 0 Å². The number of rotatable bonds is 1. The lowest BCUT2D eigenvalue weighted by Crippen LogP contribution is -2.61. The molecule has 0 aliphatic heterocycles. The van der Waals surface area contributed by atoms with Crippen molar-refractivity contribution >= 4 is 5.78 Å². The molecule has 0 spiro atoms. The first-order valence-corrected chi connectivity index (χ1v) is 10.2. The van der Waals surface area contributed by atoms with Crippen LogP contribution in [0.5, 0.6) is 0 Å². The summed E-state index contributed by atoms with van der Waals surface area (Å²) in [5, 5.41) is 0. The van der Waals surface area contributed by atoms with Crippen molar-refractivity contribution in [3.63, 3.8) is 0 Å². The maximum Gasteiger partial charge on any atom is 0.251 e. The van der Waals surface area contributed by atoms with Crippen LogP contribution in [0.25, 0.3) is 0 Å². The molecule has 1 nitrogen and oxygen atoms in total. The second-order valence-corrected chi connectivity index (χ2v) is 10.3. The number of fused-ring (bicyclic) bond motifs is 5. The molecule has 4 aliphatic carbocycles. The molecule has 4 saturated carbocycles. The zero-order valence-electron chi connectivity index (χ0n) is 16.0. The van der Waals surface area contributed by atoms with Crippen molar-refractivity contribution in [3.05, 3.63) is 0 Å². The van der Waals surface area contributed by atoms with Crippen LogP contribution < -0.4 is 0 Å². The Bertz CT molecular complexity index is 612. The van der Waals surface area contributed by atoms with Crippen molar-refractivity contribution in [2.75, 3.05) is 0 Å². The largest absolute Gasteiger partial charge is 0.300 e. The number of Topliss-reactive ketones (excluding diaryl/α,β-unsaturated/α-hetero) is 1. The summed E-state index contributed by atoms with van der Waals surface area (Å²) in [6.07, 6.45) is 3.25. The van der Waals surface area contributed by atoms with Gasteiger partial charge in [0.1, 0.15) is 5.78 Å². The van der Waals surface area contributed by atoms with Crippen molar-refractivity contribution < 1.29 is 22.4 Å². The van der Waals surface area contributed by atoms with E-state index in [1.165, 1.54) is 0 Å². The van der Waals surface area contributed by atoms with E-state index in [4.69, 9.17) is 0 Å². The van der Waals surface area contributed by atoms with Crippen molar-refractivity contribution in [2.45, 2.75) is 84.0 Å². The zero-order chi connectivity index (χ0) is 19.1. The Morgan fingerprint density at radius 1 is 1.00 bits per heavy atom. The predicted molar refractivity (Wildman–Crippen MR) is 91.2 cm³/mol. The fraction of sp³-hybridized carbons (Fsp3) is 0.952. The maximum atomic E-state index is 15.3. The van der Waals surface area contributed by atoms with Gasteiger partial charge in [-0.15, -0.1) is 0 Å². The Hall–Kier alpha value is -0.610. The first-order valence-electron chi connectivity index (χ1n) is 10.2. The molecule has 4 aliphatic rings. The van der Waals surface area contributed by atoms with Gasteiger partial charge in [0.2, 0.25) is 5.92 Å². The van der Waals surface area contributed by atoms with Crippen LogP contribution >= 0.6 is 0 Å². The van der Waals surface area contributed by atoms with Gasteiger partial charge in [-0.05, 0) is 67.6 Å². The highest BCUT2D eigenvalue weighted by atomic mass is 19.3. The minimum atomic E-state index is -2.85. The summed E-state index contributed by atoms with van der Waals surface area (Å²) >= 11 is 0. The Morgan fingerprint density at radius 2 is 1.65 bits per heavy atom. The standard InChI is InChI=1S/C21H30F4O/c1-18-8-6-13(26)10-12(18)11-21(24,25)17-14-4-5-16(20(3,22)23)19(14,2)9-7-15(17)18/h12,14-17H,4-11H2,1-3H3/t12?,14-,15-,16-,17-,18-,19-/m0/s1. The van der Waals surface area contributed by atoms with E-state index in [1.807, 2.05) is 6.92 Å². The molecule has 26 heavy (non-hydrogen) atoms. The third-order valence-electron chi connectivity index (χ3n) is 9.08. The quantitative estimate of drug-likeness (QED) is 0.506. The molecular formula is C21H30F4O. The fourth-order valence-electron chi connectivity index (χ4n) is 7.78. The smallest absolute Gasteiger partial charge is 0.251 e. The molecule has 148 valence electrons. The Morgan fingerprint density at radius 3 is 2.31 bits per heavy atom. The molecule has 0 N–H and O–H groups in total. The number of hydrogen-bond donors (Lipinski definition) is 0. The highest BCUT2D eigenvalue weighted by Crippen LogP contribution is 2.71. The molecule has 0 aromatic rings. The van der Waals surface area contributed by atoms with E-state index < -0.39 is 29.1 Å². The van der Waals surface area contributed by atoms with Gasteiger partial charge in [-0.3, -0.25) is 4.79 Å². The van der Waals surface area contributed by atoms with E-state index in [9.17, 15) is 13.6 Å². The molecule has 5 heteroatoms. The molecule has 4 fully saturated rings. The van der Waals surface area contributed by atoms with E-state index in [0.717, 1.165) is 6.92 Å². The Balaban J connectivity index is 1.72. The van der Waals surface area contributed by atoms with Crippen LogP contribution in [0, 0.1) is 40.4 Å². The Kier molecular flexibility index (Phi) is 3.94. The second-order valence-electron chi connectivity index (χ2n) is 10.3. The molecule has 0 saturated heterocycles. The lowest BCUT2D eigenvalue weighted by atomic mass is 9.43. The second kappa shape index (κ2) is 5.47. The molecule has 0 bridgehead atoms.